The van der Waals surface area contributed by atoms with Gasteiger partial charge in [0.1, 0.15) is 0 Å². The maximum absolute atomic E-state index is 9.43. The Morgan fingerprint density at radius 2 is 1.73 bits per heavy atom. The Kier molecular flexibility index (Phi) is 3.62. The Morgan fingerprint density at radius 3 is 1.82 bits per heavy atom. The maximum Gasteiger partial charge on any atom is 0.0593 e. The van der Waals surface area contributed by atoms with Gasteiger partial charge in [0.15, 0.2) is 0 Å². The molecule has 0 spiro atoms. The second-order valence-electron chi connectivity index (χ2n) is 3.82. The first-order chi connectivity index (χ1) is 5.05. The first kappa shape index (κ1) is 10.5. The highest BCUT2D eigenvalue weighted by Gasteiger charge is 2.38. The van der Waals surface area contributed by atoms with Crippen molar-refractivity contribution in [3.63, 3.8) is 0 Å². The van der Waals surface area contributed by atoms with Crippen molar-refractivity contribution < 1.29 is 5.11 Å². The summed E-state index contributed by atoms with van der Waals surface area (Å²) < 4.78 is 0. The minimum Gasteiger partial charge on any atom is -0.393 e. The van der Waals surface area contributed by atoms with E-state index in [2.05, 4.69) is 33.6 Å². The molecule has 0 aromatic carbocycles. The van der Waals surface area contributed by atoms with Gasteiger partial charge in [-0.1, -0.05) is 20.8 Å². The van der Waals surface area contributed by atoms with Gasteiger partial charge in [0.2, 0.25) is 0 Å². The average molecular weight is 154 g/mol. The molecular weight excluding hydrogens is 136 g/mol. The lowest BCUT2D eigenvalue weighted by Crippen LogP contribution is -2.27. The number of rotatable bonds is 0. The Balaban J connectivity index is 0.000000461. The highest BCUT2D eigenvalue weighted by molar-refractivity contribution is 4.89. The van der Waals surface area contributed by atoms with E-state index in [4.69, 9.17) is 0 Å². The highest BCUT2D eigenvalue weighted by Crippen LogP contribution is 2.42. The summed E-state index contributed by atoms with van der Waals surface area (Å²) in [5.74, 6) is 0.687. The van der Waals surface area contributed by atoms with Crippen LogP contribution in [-0.2, 0) is 0 Å². The molecule has 0 aliphatic heterocycles. The second-order valence-corrected chi connectivity index (χ2v) is 3.82. The zero-order valence-electron chi connectivity index (χ0n) is 7.67. The van der Waals surface area contributed by atoms with E-state index in [0.717, 1.165) is 6.42 Å². The van der Waals surface area contributed by atoms with E-state index >= 15 is 0 Å². The van der Waals surface area contributed by atoms with Crippen molar-refractivity contribution in [2.24, 2.45) is 11.3 Å². The molecule has 1 rings (SSSR count). The van der Waals surface area contributed by atoms with Gasteiger partial charge in [-0.3, -0.25) is 0 Å². The molecule has 1 unspecified atom stereocenters. The smallest absolute Gasteiger partial charge is 0.0593 e. The maximum atomic E-state index is 9.43. The fourth-order valence-electron chi connectivity index (χ4n) is 1.48. The lowest BCUT2D eigenvalue weighted by molar-refractivity contribution is 0.0589. The molecule has 0 heterocycles. The third-order valence-electron chi connectivity index (χ3n) is 3.00. The molecule has 1 nitrogen and oxygen atoms in total. The predicted octanol–water partition coefficient (Wildman–Crippen LogP) is 2.05. The van der Waals surface area contributed by atoms with Crippen molar-refractivity contribution in [3.05, 3.63) is 0 Å². The minimum atomic E-state index is -0.0625. The lowest BCUT2D eigenvalue weighted by atomic mass is 9.82. The van der Waals surface area contributed by atoms with Crippen LogP contribution in [0.5, 0.6) is 0 Å². The number of aliphatic hydroxyl groups excluding tert-OH is 1. The first-order valence-electron chi connectivity index (χ1n) is 4.06. The van der Waals surface area contributed by atoms with Crippen LogP contribution in [0.25, 0.3) is 0 Å². The Bertz CT molecular complexity index is 123. The molecule has 0 amide bonds. The van der Waals surface area contributed by atoms with E-state index in [9.17, 15) is 5.11 Å². The van der Waals surface area contributed by atoms with Gasteiger partial charge in [-0.15, -0.1) is 12.8 Å². The van der Waals surface area contributed by atoms with Gasteiger partial charge in [-0.2, -0.15) is 0 Å². The van der Waals surface area contributed by atoms with Gasteiger partial charge in [-0.25, -0.2) is 0 Å². The zero-order valence-corrected chi connectivity index (χ0v) is 7.67. The molecule has 0 aromatic heterocycles. The molecule has 1 aliphatic rings. The summed E-state index contributed by atoms with van der Waals surface area (Å²) in [6.07, 6.45) is 10.1. The molecule has 0 aromatic rings. The van der Waals surface area contributed by atoms with Gasteiger partial charge < -0.3 is 5.11 Å². The summed E-state index contributed by atoms with van der Waals surface area (Å²) >= 11 is 0. The Labute approximate surface area is 69.8 Å². The van der Waals surface area contributed by atoms with Crippen LogP contribution < -0.4 is 0 Å². The largest absolute Gasteiger partial charge is 0.393 e. The van der Waals surface area contributed by atoms with Crippen molar-refractivity contribution in [2.45, 2.75) is 39.7 Å². The van der Waals surface area contributed by atoms with Crippen LogP contribution in [0, 0.1) is 24.2 Å². The van der Waals surface area contributed by atoms with Crippen LogP contribution in [0.3, 0.4) is 0 Å². The van der Waals surface area contributed by atoms with E-state index in [1.165, 1.54) is 6.42 Å². The third kappa shape index (κ3) is 1.97. The van der Waals surface area contributed by atoms with Crippen LogP contribution in [-0.4, -0.2) is 11.2 Å². The summed E-state index contributed by atoms with van der Waals surface area (Å²) in [7, 11) is 0. The molecule has 1 aliphatic carbocycles. The number of hydrogen-bond donors (Lipinski definition) is 1. The molecule has 1 fully saturated rings. The topological polar surface area (TPSA) is 20.2 Å². The Morgan fingerprint density at radius 1 is 1.27 bits per heavy atom. The summed E-state index contributed by atoms with van der Waals surface area (Å²) in [4.78, 5) is 0. The molecule has 64 valence electrons. The summed E-state index contributed by atoms with van der Waals surface area (Å²) in [5.41, 5.74) is 0.167. The molecular formula is C10H18O. The zero-order chi connectivity index (χ0) is 9.07. The molecule has 11 heavy (non-hydrogen) atoms. The molecule has 0 bridgehead atoms. The third-order valence-corrected chi connectivity index (χ3v) is 3.00. The van der Waals surface area contributed by atoms with Crippen molar-refractivity contribution >= 4 is 0 Å². The molecule has 1 N–H and O–H groups in total. The quantitative estimate of drug-likeness (QED) is 0.529. The molecule has 0 saturated heterocycles. The van der Waals surface area contributed by atoms with Crippen LogP contribution in [0.15, 0.2) is 0 Å². The van der Waals surface area contributed by atoms with Gasteiger partial charge in [0.05, 0.1) is 6.10 Å². The normalized spacial score (nSPS) is 34.0. The van der Waals surface area contributed by atoms with Gasteiger partial charge in [0, 0.05) is 0 Å². The molecule has 0 radical (unpaired) electrons. The van der Waals surface area contributed by atoms with E-state index < -0.39 is 0 Å². The van der Waals surface area contributed by atoms with Crippen molar-refractivity contribution in [3.8, 4) is 12.8 Å². The SMILES string of the molecule is C#C.CC1CC[C@H](O)C1(C)C. The summed E-state index contributed by atoms with van der Waals surface area (Å²) in [6.45, 7) is 6.51. The molecule has 1 heteroatoms. The first-order valence-corrected chi connectivity index (χ1v) is 4.06. The lowest BCUT2D eigenvalue weighted by Gasteiger charge is -2.27. The van der Waals surface area contributed by atoms with E-state index in [-0.39, 0.29) is 11.5 Å². The average Bonchev–Trinajstić information content (AvgIpc) is 2.21. The van der Waals surface area contributed by atoms with Crippen molar-refractivity contribution in [2.75, 3.05) is 0 Å². The number of aliphatic hydroxyl groups is 1. The van der Waals surface area contributed by atoms with Crippen molar-refractivity contribution in [1.82, 2.24) is 0 Å². The Hall–Kier alpha value is -0.480. The van der Waals surface area contributed by atoms with E-state index in [0.29, 0.717) is 5.92 Å². The van der Waals surface area contributed by atoms with Gasteiger partial charge >= 0.3 is 0 Å². The van der Waals surface area contributed by atoms with Gasteiger partial charge in [0.25, 0.3) is 0 Å². The van der Waals surface area contributed by atoms with Crippen LogP contribution in [0.1, 0.15) is 33.6 Å². The summed E-state index contributed by atoms with van der Waals surface area (Å²) in [6, 6.07) is 0. The summed E-state index contributed by atoms with van der Waals surface area (Å²) in [5, 5.41) is 9.43. The van der Waals surface area contributed by atoms with Crippen LogP contribution in [0.2, 0.25) is 0 Å². The molecule has 2 atom stereocenters. The number of hydrogen-bond acceptors (Lipinski definition) is 1. The van der Waals surface area contributed by atoms with Crippen LogP contribution in [0.4, 0.5) is 0 Å². The monoisotopic (exact) mass is 154 g/mol. The standard InChI is InChI=1S/C8H16O.C2H2/c1-6-4-5-7(9)8(6,2)3;1-2/h6-7,9H,4-5H2,1-3H3;1-2H/t6?,7-;/m0./s1. The second kappa shape index (κ2) is 3.78. The van der Waals surface area contributed by atoms with Crippen LogP contribution >= 0.6 is 0 Å². The fraction of sp³-hybridized carbons (Fsp3) is 0.800. The van der Waals surface area contributed by atoms with E-state index in [1.807, 2.05) is 0 Å². The fourth-order valence-corrected chi connectivity index (χ4v) is 1.48. The van der Waals surface area contributed by atoms with E-state index in [1.54, 1.807) is 0 Å². The number of terminal acetylenes is 1. The highest BCUT2D eigenvalue weighted by atomic mass is 16.3. The minimum absolute atomic E-state index is 0.0625. The predicted molar refractivity (Wildman–Crippen MR) is 48.1 cm³/mol. The van der Waals surface area contributed by atoms with Crippen molar-refractivity contribution in [1.29, 1.82) is 0 Å². The molecule has 1 saturated carbocycles. The van der Waals surface area contributed by atoms with Gasteiger partial charge in [-0.05, 0) is 24.2 Å².